The molecule has 0 radical (unpaired) electrons. The number of nitrogens with two attached hydrogens (primary N) is 1. The Kier molecular flexibility index (Phi) is 2.96. The monoisotopic (exact) mass is 238 g/mol. The first-order chi connectivity index (χ1) is 8.06. The topological polar surface area (TPSA) is 38.5 Å². The summed E-state index contributed by atoms with van der Waals surface area (Å²) in [5.74, 6) is 0. The second-order valence-corrected chi connectivity index (χ2v) is 6.89. The predicted octanol–water partition coefficient (Wildman–Crippen LogP) is 1.76. The van der Waals surface area contributed by atoms with Crippen LogP contribution in [0.3, 0.4) is 0 Å². The van der Waals surface area contributed by atoms with Gasteiger partial charge >= 0.3 is 0 Å². The molecule has 3 aliphatic rings. The van der Waals surface area contributed by atoms with Crippen molar-refractivity contribution in [2.45, 2.75) is 70.2 Å². The molecular weight excluding hydrogens is 212 g/mol. The van der Waals surface area contributed by atoms with Gasteiger partial charge in [0.1, 0.15) is 0 Å². The minimum absolute atomic E-state index is 0.306. The van der Waals surface area contributed by atoms with Gasteiger partial charge in [0.25, 0.3) is 0 Å². The highest BCUT2D eigenvalue weighted by molar-refractivity contribution is 4.99. The van der Waals surface area contributed by atoms with E-state index >= 15 is 0 Å². The molecule has 2 bridgehead atoms. The average Bonchev–Trinajstić information content (AvgIpc) is 2.62. The van der Waals surface area contributed by atoms with E-state index in [2.05, 4.69) is 18.7 Å². The van der Waals surface area contributed by atoms with Crippen LogP contribution in [0.5, 0.6) is 0 Å². The van der Waals surface area contributed by atoms with Crippen molar-refractivity contribution in [3.63, 3.8) is 0 Å². The molecule has 1 aliphatic carbocycles. The van der Waals surface area contributed by atoms with E-state index in [1.54, 1.807) is 0 Å². The van der Waals surface area contributed by atoms with Crippen LogP contribution in [0.4, 0.5) is 0 Å². The molecule has 0 spiro atoms. The fourth-order valence-corrected chi connectivity index (χ4v) is 3.96. The van der Waals surface area contributed by atoms with Crippen molar-refractivity contribution >= 4 is 0 Å². The van der Waals surface area contributed by atoms with Crippen LogP contribution >= 0.6 is 0 Å². The zero-order chi connectivity index (χ0) is 12.0. The van der Waals surface area contributed by atoms with Crippen molar-refractivity contribution in [2.24, 2.45) is 11.1 Å². The molecule has 0 aromatic rings. The largest absolute Gasteiger partial charge is 0.372 e. The van der Waals surface area contributed by atoms with E-state index in [0.29, 0.717) is 29.7 Å². The first-order valence-electron chi connectivity index (χ1n) is 7.21. The highest BCUT2D eigenvalue weighted by atomic mass is 16.5. The lowest BCUT2D eigenvalue weighted by Crippen LogP contribution is -2.60. The molecule has 2 heterocycles. The summed E-state index contributed by atoms with van der Waals surface area (Å²) >= 11 is 0. The second kappa shape index (κ2) is 4.22. The zero-order valence-electron chi connectivity index (χ0n) is 11.2. The molecule has 98 valence electrons. The third-order valence-electron chi connectivity index (χ3n) is 5.18. The first kappa shape index (κ1) is 11.9. The number of nitrogens with zero attached hydrogens (tertiary/aromatic N) is 1. The van der Waals surface area contributed by atoms with Gasteiger partial charge in [-0.1, -0.05) is 20.3 Å². The van der Waals surface area contributed by atoms with E-state index in [-0.39, 0.29) is 0 Å². The van der Waals surface area contributed by atoms with Crippen LogP contribution in [0.1, 0.15) is 46.0 Å². The predicted molar refractivity (Wildman–Crippen MR) is 68.9 cm³/mol. The van der Waals surface area contributed by atoms with Crippen molar-refractivity contribution < 1.29 is 4.74 Å². The summed E-state index contributed by atoms with van der Waals surface area (Å²) in [7, 11) is 0. The van der Waals surface area contributed by atoms with E-state index < -0.39 is 0 Å². The molecule has 0 aromatic heterocycles. The third-order valence-corrected chi connectivity index (χ3v) is 5.18. The summed E-state index contributed by atoms with van der Waals surface area (Å²) in [6.07, 6.45) is 7.39. The molecular formula is C14H26N2O. The van der Waals surface area contributed by atoms with Gasteiger partial charge in [-0.2, -0.15) is 0 Å². The van der Waals surface area contributed by atoms with Gasteiger partial charge in [0.2, 0.25) is 0 Å². The molecule has 3 nitrogen and oxygen atoms in total. The summed E-state index contributed by atoms with van der Waals surface area (Å²) in [5, 5.41) is 0. The van der Waals surface area contributed by atoms with Crippen molar-refractivity contribution in [3.05, 3.63) is 0 Å². The minimum Gasteiger partial charge on any atom is -0.372 e. The Morgan fingerprint density at radius 2 is 1.76 bits per heavy atom. The van der Waals surface area contributed by atoms with Gasteiger partial charge in [-0.3, -0.25) is 4.90 Å². The number of hydrogen-bond donors (Lipinski definition) is 1. The van der Waals surface area contributed by atoms with Crippen LogP contribution in [-0.4, -0.2) is 42.3 Å². The quantitative estimate of drug-likeness (QED) is 0.756. The first-order valence-corrected chi connectivity index (χ1v) is 7.21. The number of fused-ring (bicyclic) bond motifs is 2. The Morgan fingerprint density at radius 3 is 2.41 bits per heavy atom. The van der Waals surface area contributed by atoms with E-state index in [0.717, 1.165) is 13.1 Å². The molecule has 4 unspecified atom stereocenters. The zero-order valence-corrected chi connectivity index (χ0v) is 11.2. The molecule has 4 atom stereocenters. The Balaban J connectivity index is 1.71. The average molecular weight is 238 g/mol. The minimum atomic E-state index is 0.306. The molecule has 2 saturated heterocycles. The molecule has 3 rings (SSSR count). The molecule has 0 amide bonds. The Morgan fingerprint density at radius 1 is 1.12 bits per heavy atom. The fraction of sp³-hybridized carbons (Fsp3) is 1.00. The van der Waals surface area contributed by atoms with Crippen LogP contribution in [0.25, 0.3) is 0 Å². The summed E-state index contributed by atoms with van der Waals surface area (Å²) in [6.45, 7) is 6.90. The smallest absolute Gasteiger partial charge is 0.0707 e. The van der Waals surface area contributed by atoms with Gasteiger partial charge < -0.3 is 10.5 Å². The van der Waals surface area contributed by atoms with Crippen LogP contribution in [0.15, 0.2) is 0 Å². The van der Waals surface area contributed by atoms with Crippen molar-refractivity contribution in [2.75, 3.05) is 13.1 Å². The second-order valence-electron chi connectivity index (χ2n) is 6.89. The number of morpholine rings is 1. The van der Waals surface area contributed by atoms with E-state index in [9.17, 15) is 0 Å². The molecule has 3 fully saturated rings. The maximum atomic E-state index is 6.52. The SMILES string of the molecule is CC1(C)CCCC(N2CC3CCC(C2)O3)C1N. The van der Waals surface area contributed by atoms with Crippen LogP contribution in [-0.2, 0) is 4.74 Å². The lowest BCUT2D eigenvalue weighted by Gasteiger charge is -2.48. The molecule has 2 N–H and O–H groups in total. The van der Waals surface area contributed by atoms with Gasteiger partial charge in [-0.15, -0.1) is 0 Å². The third kappa shape index (κ3) is 2.13. The van der Waals surface area contributed by atoms with Gasteiger partial charge in [0.05, 0.1) is 12.2 Å². The standard InChI is InChI=1S/C14H26N2O/c1-14(2)7-3-4-12(13(14)15)16-8-10-5-6-11(9-16)17-10/h10-13H,3-9,15H2,1-2H3. The molecule has 1 saturated carbocycles. The van der Waals surface area contributed by atoms with E-state index in [1.165, 1.54) is 32.1 Å². The Labute approximate surface area is 105 Å². The summed E-state index contributed by atoms with van der Waals surface area (Å²) < 4.78 is 5.92. The molecule has 0 aromatic carbocycles. The van der Waals surface area contributed by atoms with E-state index in [4.69, 9.17) is 10.5 Å². The summed E-state index contributed by atoms with van der Waals surface area (Å²) in [5.41, 5.74) is 6.82. The maximum Gasteiger partial charge on any atom is 0.0707 e. The van der Waals surface area contributed by atoms with Crippen LogP contribution in [0, 0.1) is 5.41 Å². The maximum absolute atomic E-state index is 6.52. The lowest BCUT2D eigenvalue weighted by molar-refractivity contribution is -0.0690. The highest BCUT2D eigenvalue weighted by Gasteiger charge is 2.43. The normalized spacial score (nSPS) is 46.1. The molecule has 2 aliphatic heterocycles. The van der Waals surface area contributed by atoms with Gasteiger partial charge in [-0.05, 0) is 31.1 Å². The van der Waals surface area contributed by atoms with Crippen LogP contribution < -0.4 is 5.73 Å². The Hall–Kier alpha value is -0.120. The van der Waals surface area contributed by atoms with Crippen LogP contribution in [0.2, 0.25) is 0 Å². The molecule has 3 heteroatoms. The number of ether oxygens (including phenoxy) is 1. The van der Waals surface area contributed by atoms with Crippen molar-refractivity contribution in [3.8, 4) is 0 Å². The summed E-state index contributed by atoms with van der Waals surface area (Å²) in [6, 6.07) is 0.916. The number of rotatable bonds is 1. The molecule has 17 heavy (non-hydrogen) atoms. The Bertz CT molecular complexity index is 280. The van der Waals surface area contributed by atoms with E-state index in [1.807, 2.05) is 0 Å². The summed E-state index contributed by atoms with van der Waals surface area (Å²) in [4.78, 5) is 2.64. The number of hydrogen-bond acceptors (Lipinski definition) is 3. The van der Waals surface area contributed by atoms with Gasteiger partial charge in [0, 0.05) is 25.2 Å². The van der Waals surface area contributed by atoms with Crippen molar-refractivity contribution in [1.29, 1.82) is 0 Å². The van der Waals surface area contributed by atoms with Gasteiger partial charge in [-0.25, -0.2) is 0 Å². The van der Waals surface area contributed by atoms with Crippen molar-refractivity contribution in [1.82, 2.24) is 4.90 Å². The van der Waals surface area contributed by atoms with Gasteiger partial charge in [0.15, 0.2) is 0 Å². The lowest BCUT2D eigenvalue weighted by atomic mass is 9.70. The highest BCUT2D eigenvalue weighted by Crippen LogP contribution is 2.38. The fourth-order valence-electron chi connectivity index (χ4n) is 3.96. The number of likely N-dealkylation sites (tertiary alicyclic amines) is 1.